The summed E-state index contributed by atoms with van der Waals surface area (Å²) in [5, 5.41) is 23.3. The average molecular weight is 297 g/mol. The van der Waals surface area contributed by atoms with Crippen molar-refractivity contribution in [2.75, 3.05) is 0 Å². The SMILES string of the molecule is CCc1cc(C)cc(CC)c1-c1c(O)c(C#N)nn(C)c1=O. The molecule has 2 rings (SSSR count). The zero-order valence-electron chi connectivity index (χ0n) is 13.3. The van der Waals surface area contributed by atoms with Crippen LogP contribution in [-0.4, -0.2) is 14.9 Å². The molecule has 0 spiro atoms. The van der Waals surface area contributed by atoms with E-state index in [1.54, 1.807) is 0 Å². The average Bonchev–Trinajstić information content (AvgIpc) is 2.51. The van der Waals surface area contributed by atoms with Crippen molar-refractivity contribution in [3.8, 4) is 22.9 Å². The molecule has 22 heavy (non-hydrogen) atoms. The molecule has 0 atom stereocenters. The molecule has 0 saturated carbocycles. The lowest BCUT2D eigenvalue weighted by molar-refractivity contribution is 0.464. The van der Waals surface area contributed by atoms with Crippen molar-refractivity contribution in [2.24, 2.45) is 7.05 Å². The van der Waals surface area contributed by atoms with Gasteiger partial charge in [0.25, 0.3) is 5.56 Å². The van der Waals surface area contributed by atoms with Crippen molar-refractivity contribution in [1.29, 1.82) is 5.26 Å². The lowest BCUT2D eigenvalue weighted by Gasteiger charge is -2.16. The summed E-state index contributed by atoms with van der Waals surface area (Å²) >= 11 is 0. The molecule has 0 unspecified atom stereocenters. The molecule has 1 aromatic carbocycles. The quantitative estimate of drug-likeness (QED) is 0.943. The standard InChI is InChI=1S/C17H19N3O2/c1-5-11-7-10(3)8-12(6-2)14(11)15-16(21)13(9-18)19-20(4)17(15)22/h7-8,21H,5-6H2,1-4H3. The van der Waals surface area contributed by atoms with E-state index in [0.717, 1.165) is 39.8 Å². The van der Waals surface area contributed by atoms with Gasteiger partial charge in [0, 0.05) is 7.05 Å². The van der Waals surface area contributed by atoms with Crippen molar-refractivity contribution in [2.45, 2.75) is 33.6 Å². The Morgan fingerprint density at radius 2 is 1.77 bits per heavy atom. The molecule has 1 N–H and O–H groups in total. The highest BCUT2D eigenvalue weighted by atomic mass is 16.3. The number of rotatable bonds is 3. The fourth-order valence-corrected chi connectivity index (χ4v) is 2.75. The molecule has 0 fully saturated rings. The summed E-state index contributed by atoms with van der Waals surface area (Å²) in [6.45, 7) is 6.02. The number of nitrogens with zero attached hydrogens (tertiary/aromatic N) is 3. The maximum atomic E-state index is 12.5. The van der Waals surface area contributed by atoms with Gasteiger partial charge in [-0.25, -0.2) is 4.68 Å². The van der Waals surface area contributed by atoms with E-state index in [1.807, 2.05) is 39.0 Å². The van der Waals surface area contributed by atoms with Crippen LogP contribution in [0.1, 0.15) is 36.2 Å². The topological polar surface area (TPSA) is 78.9 Å². The summed E-state index contributed by atoms with van der Waals surface area (Å²) in [7, 11) is 1.48. The number of benzene rings is 1. The number of nitriles is 1. The lowest BCUT2D eigenvalue weighted by Crippen LogP contribution is -2.23. The predicted octanol–water partition coefficient (Wildman–Crippen LogP) is 2.46. The summed E-state index contributed by atoms with van der Waals surface area (Å²) in [4.78, 5) is 12.5. The lowest BCUT2D eigenvalue weighted by atomic mass is 9.90. The van der Waals surface area contributed by atoms with E-state index in [0.29, 0.717) is 0 Å². The Morgan fingerprint density at radius 1 is 1.23 bits per heavy atom. The van der Waals surface area contributed by atoms with E-state index in [-0.39, 0.29) is 17.0 Å². The third-order valence-electron chi connectivity index (χ3n) is 3.78. The van der Waals surface area contributed by atoms with Gasteiger partial charge < -0.3 is 5.11 Å². The van der Waals surface area contributed by atoms with E-state index in [1.165, 1.54) is 7.05 Å². The molecule has 0 aliphatic rings. The summed E-state index contributed by atoms with van der Waals surface area (Å²) in [5.74, 6) is -0.334. The zero-order valence-corrected chi connectivity index (χ0v) is 13.3. The third kappa shape index (κ3) is 2.48. The summed E-state index contributed by atoms with van der Waals surface area (Å²) in [6, 6.07) is 5.87. The van der Waals surface area contributed by atoms with Crippen LogP contribution in [0.2, 0.25) is 0 Å². The molecule has 0 aliphatic carbocycles. The van der Waals surface area contributed by atoms with Crippen LogP contribution in [0.5, 0.6) is 5.75 Å². The second-order valence-corrected chi connectivity index (χ2v) is 5.28. The van der Waals surface area contributed by atoms with Crippen molar-refractivity contribution in [1.82, 2.24) is 9.78 Å². The van der Waals surface area contributed by atoms with Gasteiger partial charge >= 0.3 is 0 Å². The first kappa shape index (κ1) is 15.8. The predicted molar refractivity (Wildman–Crippen MR) is 84.8 cm³/mol. The molecule has 0 radical (unpaired) electrons. The maximum absolute atomic E-state index is 12.5. The largest absolute Gasteiger partial charge is 0.504 e. The van der Waals surface area contributed by atoms with Gasteiger partial charge in [-0.05, 0) is 36.5 Å². The first-order valence-electron chi connectivity index (χ1n) is 7.27. The van der Waals surface area contributed by atoms with Crippen molar-refractivity contribution in [3.63, 3.8) is 0 Å². The molecule has 0 saturated heterocycles. The molecular weight excluding hydrogens is 278 g/mol. The van der Waals surface area contributed by atoms with Gasteiger partial charge in [-0.2, -0.15) is 10.4 Å². The second-order valence-electron chi connectivity index (χ2n) is 5.28. The van der Waals surface area contributed by atoms with Gasteiger partial charge in [-0.15, -0.1) is 0 Å². The van der Waals surface area contributed by atoms with Crippen LogP contribution in [0.25, 0.3) is 11.1 Å². The van der Waals surface area contributed by atoms with E-state index in [9.17, 15) is 9.90 Å². The summed E-state index contributed by atoms with van der Waals surface area (Å²) in [5.41, 5.74) is 3.45. The number of aryl methyl sites for hydroxylation is 4. The van der Waals surface area contributed by atoms with Crippen LogP contribution in [0.15, 0.2) is 16.9 Å². The highest BCUT2D eigenvalue weighted by Crippen LogP contribution is 2.34. The molecule has 1 aromatic heterocycles. The fraction of sp³-hybridized carbons (Fsp3) is 0.353. The minimum absolute atomic E-state index is 0.137. The van der Waals surface area contributed by atoms with Crippen molar-refractivity contribution >= 4 is 0 Å². The molecule has 5 nitrogen and oxygen atoms in total. The van der Waals surface area contributed by atoms with Crippen molar-refractivity contribution < 1.29 is 5.11 Å². The van der Waals surface area contributed by atoms with Gasteiger partial charge in [0.15, 0.2) is 5.75 Å². The minimum Gasteiger partial charge on any atom is -0.504 e. The van der Waals surface area contributed by atoms with Crippen LogP contribution < -0.4 is 5.56 Å². The fourth-order valence-electron chi connectivity index (χ4n) is 2.75. The second kappa shape index (κ2) is 6.02. The normalized spacial score (nSPS) is 10.5. The van der Waals surface area contributed by atoms with Gasteiger partial charge in [-0.3, -0.25) is 4.79 Å². The van der Waals surface area contributed by atoms with Crippen LogP contribution >= 0.6 is 0 Å². The number of aromatic nitrogens is 2. The summed E-state index contributed by atoms with van der Waals surface area (Å²) < 4.78 is 1.10. The van der Waals surface area contributed by atoms with Crippen molar-refractivity contribution in [3.05, 3.63) is 44.9 Å². The Bertz CT molecular complexity index is 804. The molecular formula is C17H19N3O2. The number of hydrogen-bond acceptors (Lipinski definition) is 4. The van der Waals surface area contributed by atoms with Gasteiger partial charge in [0.05, 0.1) is 5.56 Å². The molecule has 5 heteroatoms. The molecule has 2 aromatic rings. The van der Waals surface area contributed by atoms with Crippen LogP contribution in [0, 0.1) is 18.3 Å². The summed E-state index contributed by atoms with van der Waals surface area (Å²) in [6.07, 6.45) is 1.47. The first-order valence-corrected chi connectivity index (χ1v) is 7.27. The Hall–Kier alpha value is -2.61. The monoisotopic (exact) mass is 297 g/mol. The number of hydrogen-bond donors (Lipinski definition) is 1. The van der Waals surface area contributed by atoms with E-state index in [2.05, 4.69) is 5.10 Å². The van der Waals surface area contributed by atoms with Crippen LogP contribution in [0.4, 0.5) is 0 Å². The first-order chi connectivity index (χ1) is 10.4. The molecule has 1 heterocycles. The molecule has 0 bridgehead atoms. The Morgan fingerprint density at radius 3 is 2.23 bits per heavy atom. The highest BCUT2D eigenvalue weighted by Gasteiger charge is 2.21. The van der Waals surface area contributed by atoms with Gasteiger partial charge in [-0.1, -0.05) is 31.5 Å². The van der Waals surface area contributed by atoms with E-state index >= 15 is 0 Å². The van der Waals surface area contributed by atoms with Crippen LogP contribution in [0.3, 0.4) is 0 Å². The minimum atomic E-state index is -0.398. The van der Waals surface area contributed by atoms with Gasteiger partial charge in [0.1, 0.15) is 6.07 Å². The third-order valence-corrected chi connectivity index (χ3v) is 3.78. The van der Waals surface area contributed by atoms with E-state index < -0.39 is 5.56 Å². The molecule has 0 amide bonds. The Kier molecular flexibility index (Phi) is 4.32. The molecule has 0 aliphatic heterocycles. The van der Waals surface area contributed by atoms with Gasteiger partial charge in [0.2, 0.25) is 5.69 Å². The zero-order chi connectivity index (χ0) is 16.4. The molecule has 114 valence electrons. The smallest absolute Gasteiger partial charge is 0.278 e. The maximum Gasteiger partial charge on any atom is 0.278 e. The highest BCUT2D eigenvalue weighted by molar-refractivity contribution is 5.77. The van der Waals surface area contributed by atoms with E-state index in [4.69, 9.17) is 5.26 Å². The Labute approximate surface area is 129 Å². The Balaban J connectivity index is 2.98. The van der Waals surface area contributed by atoms with Crippen LogP contribution in [-0.2, 0) is 19.9 Å². The number of aromatic hydroxyl groups is 1.